The van der Waals surface area contributed by atoms with Gasteiger partial charge >= 0.3 is 0 Å². The molecule has 0 amide bonds. The van der Waals surface area contributed by atoms with Gasteiger partial charge in [-0.3, -0.25) is 0 Å². The number of benzene rings is 2. The Morgan fingerprint density at radius 2 is 1.95 bits per heavy atom. The minimum absolute atomic E-state index is 0.272. The van der Waals surface area contributed by atoms with Gasteiger partial charge in [-0.05, 0) is 35.9 Å². The number of nitrogens with one attached hydrogen (secondary N) is 1. The Morgan fingerprint density at radius 1 is 1.18 bits per heavy atom. The van der Waals surface area contributed by atoms with Crippen molar-refractivity contribution in [3.63, 3.8) is 0 Å². The molecule has 0 atom stereocenters. The number of ether oxygens (including phenoxy) is 2. The molecule has 0 bridgehead atoms. The van der Waals surface area contributed by atoms with Crippen LogP contribution in [0.4, 0.5) is 0 Å². The third-order valence-corrected chi connectivity index (χ3v) is 2.97. The molecule has 0 aliphatic carbocycles. The highest BCUT2D eigenvalue weighted by atomic mass is 16.5. The molecule has 2 rings (SSSR count). The Kier molecular flexibility index (Phi) is 5.89. The second kappa shape index (κ2) is 8.38. The number of methoxy groups -OCH3 is 1. The zero-order valence-corrected chi connectivity index (χ0v) is 12.5. The normalized spacial score (nSPS) is 10.2. The van der Waals surface area contributed by atoms with Gasteiger partial charge in [-0.1, -0.05) is 24.1 Å². The van der Waals surface area contributed by atoms with Crippen LogP contribution in [0.3, 0.4) is 0 Å². The van der Waals surface area contributed by atoms with Crippen LogP contribution < -0.4 is 14.9 Å². The molecule has 112 valence electrons. The average molecular weight is 294 g/mol. The van der Waals surface area contributed by atoms with E-state index in [1.54, 1.807) is 13.3 Å². The molecule has 0 saturated carbocycles. The lowest BCUT2D eigenvalue weighted by atomic mass is 10.2. The van der Waals surface area contributed by atoms with E-state index in [1.807, 2.05) is 48.5 Å². The number of nitrogens with zero attached hydrogens (tertiary/aromatic N) is 1. The van der Waals surface area contributed by atoms with E-state index in [0.717, 1.165) is 22.6 Å². The number of terminal acetylenes is 1. The van der Waals surface area contributed by atoms with Gasteiger partial charge in [0.15, 0.2) is 0 Å². The lowest BCUT2D eigenvalue weighted by Crippen LogP contribution is -2.06. The van der Waals surface area contributed by atoms with Gasteiger partial charge in [-0.25, -0.2) is 0 Å². The summed E-state index contributed by atoms with van der Waals surface area (Å²) in [6.07, 6.45) is 6.89. The van der Waals surface area contributed by atoms with Crippen molar-refractivity contribution in [3.05, 3.63) is 59.7 Å². The summed E-state index contributed by atoms with van der Waals surface area (Å²) in [5.41, 5.74) is 5.03. The molecule has 0 aromatic heterocycles. The maximum Gasteiger partial charge on any atom is 0.148 e. The molecule has 22 heavy (non-hydrogen) atoms. The SMILES string of the molecule is C#CCOc1ccc(/C=N\NCc2ccccc2OC)cc1. The van der Waals surface area contributed by atoms with Crippen molar-refractivity contribution in [3.8, 4) is 23.8 Å². The molecule has 4 heteroatoms. The van der Waals surface area contributed by atoms with Crippen LogP contribution in [0.15, 0.2) is 53.6 Å². The summed E-state index contributed by atoms with van der Waals surface area (Å²) in [4.78, 5) is 0. The van der Waals surface area contributed by atoms with E-state index >= 15 is 0 Å². The number of hydrazone groups is 1. The first-order chi connectivity index (χ1) is 10.8. The van der Waals surface area contributed by atoms with Crippen LogP contribution in [-0.2, 0) is 6.54 Å². The van der Waals surface area contributed by atoms with Gasteiger partial charge in [0.25, 0.3) is 0 Å². The standard InChI is InChI=1S/C18H18N2O2/c1-3-12-22-17-10-8-15(9-11-17)13-19-20-14-16-6-4-5-7-18(16)21-2/h1,4-11,13,20H,12,14H2,2H3/b19-13-. The first kappa shape index (κ1) is 15.5. The van der Waals surface area contributed by atoms with Gasteiger partial charge in [-0.2, -0.15) is 5.10 Å². The minimum atomic E-state index is 0.272. The van der Waals surface area contributed by atoms with E-state index in [1.165, 1.54) is 0 Å². The number of rotatable bonds is 7. The Bertz CT molecular complexity index is 658. The summed E-state index contributed by atoms with van der Waals surface area (Å²) < 4.78 is 10.6. The molecule has 0 heterocycles. The van der Waals surface area contributed by atoms with Crippen molar-refractivity contribution in [2.24, 2.45) is 5.10 Å². The molecule has 2 aromatic carbocycles. The quantitative estimate of drug-likeness (QED) is 0.485. The van der Waals surface area contributed by atoms with Crippen molar-refractivity contribution in [2.45, 2.75) is 6.54 Å². The van der Waals surface area contributed by atoms with Crippen molar-refractivity contribution in [1.82, 2.24) is 5.43 Å². The monoisotopic (exact) mass is 294 g/mol. The first-order valence-corrected chi connectivity index (χ1v) is 6.87. The number of hydrogen-bond acceptors (Lipinski definition) is 4. The van der Waals surface area contributed by atoms with Crippen LogP contribution in [0, 0.1) is 12.3 Å². The molecular weight excluding hydrogens is 276 g/mol. The predicted molar refractivity (Wildman–Crippen MR) is 88.2 cm³/mol. The molecule has 0 aliphatic heterocycles. The fourth-order valence-electron chi connectivity index (χ4n) is 1.88. The highest BCUT2D eigenvalue weighted by Crippen LogP contribution is 2.16. The highest BCUT2D eigenvalue weighted by Gasteiger charge is 1.99. The number of hydrogen-bond donors (Lipinski definition) is 1. The van der Waals surface area contributed by atoms with Crippen LogP contribution >= 0.6 is 0 Å². The van der Waals surface area contributed by atoms with Crippen molar-refractivity contribution in [1.29, 1.82) is 0 Å². The Balaban J connectivity index is 1.86. The topological polar surface area (TPSA) is 42.8 Å². The summed E-state index contributed by atoms with van der Waals surface area (Å²) >= 11 is 0. The maximum absolute atomic E-state index is 5.31. The minimum Gasteiger partial charge on any atom is -0.496 e. The molecule has 0 aliphatic rings. The van der Waals surface area contributed by atoms with Crippen molar-refractivity contribution in [2.75, 3.05) is 13.7 Å². The molecular formula is C18H18N2O2. The summed E-state index contributed by atoms with van der Waals surface area (Å²) in [6, 6.07) is 15.4. The third-order valence-electron chi connectivity index (χ3n) is 2.97. The van der Waals surface area contributed by atoms with Crippen molar-refractivity contribution < 1.29 is 9.47 Å². The van der Waals surface area contributed by atoms with Crippen LogP contribution in [0.1, 0.15) is 11.1 Å². The lowest BCUT2D eigenvalue weighted by Gasteiger charge is -2.07. The zero-order chi connectivity index (χ0) is 15.6. The molecule has 0 spiro atoms. The van der Waals surface area contributed by atoms with E-state index in [-0.39, 0.29) is 6.61 Å². The lowest BCUT2D eigenvalue weighted by molar-refractivity contribution is 0.370. The summed E-state index contributed by atoms with van der Waals surface area (Å²) in [5, 5.41) is 4.20. The van der Waals surface area contributed by atoms with E-state index in [4.69, 9.17) is 15.9 Å². The van der Waals surface area contributed by atoms with Crippen LogP contribution in [0.5, 0.6) is 11.5 Å². The summed E-state index contributed by atoms with van der Waals surface area (Å²) in [6.45, 7) is 0.873. The third kappa shape index (κ3) is 4.57. The predicted octanol–water partition coefficient (Wildman–Crippen LogP) is 2.83. The summed E-state index contributed by atoms with van der Waals surface area (Å²) in [5.74, 6) is 4.02. The molecule has 0 fully saturated rings. The average Bonchev–Trinajstić information content (AvgIpc) is 2.58. The largest absolute Gasteiger partial charge is 0.496 e. The van der Waals surface area contributed by atoms with E-state index in [9.17, 15) is 0 Å². The van der Waals surface area contributed by atoms with Gasteiger partial charge in [0, 0.05) is 5.56 Å². The first-order valence-electron chi connectivity index (χ1n) is 6.87. The fraction of sp³-hybridized carbons (Fsp3) is 0.167. The maximum atomic E-state index is 5.31. The molecule has 1 N–H and O–H groups in total. The van der Waals surface area contributed by atoms with Crippen LogP contribution in [-0.4, -0.2) is 19.9 Å². The molecule has 0 unspecified atom stereocenters. The zero-order valence-electron chi connectivity index (χ0n) is 12.5. The van der Waals surface area contributed by atoms with E-state index in [2.05, 4.69) is 16.4 Å². The van der Waals surface area contributed by atoms with Crippen LogP contribution in [0.25, 0.3) is 0 Å². The van der Waals surface area contributed by atoms with Crippen LogP contribution in [0.2, 0.25) is 0 Å². The fourth-order valence-corrected chi connectivity index (χ4v) is 1.88. The molecule has 0 radical (unpaired) electrons. The van der Waals surface area contributed by atoms with Crippen molar-refractivity contribution >= 4 is 6.21 Å². The Labute approximate surface area is 130 Å². The Morgan fingerprint density at radius 3 is 2.68 bits per heavy atom. The Hall–Kier alpha value is -2.93. The van der Waals surface area contributed by atoms with Gasteiger partial charge in [0.2, 0.25) is 0 Å². The van der Waals surface area contributed by atoms with E-state index in [0.29, 0.717) is 6.54 Å². The van der Waals surface area contributed by atoms with Gasteiger partial charge < -0.3 is 14.9 Å². The second-order valence-electron chi connectivity index (χ2n) is 4.47. The van der Waals surface area contributed by atoms with Gasteiger partial charge in [-0.15, -0.1) is 6.42 Å². The van der Waals surface area contributed by atoms with Gasteiger partial charge in [0.1, 0.15) is 18.1 Å². The molecule has 4 nitrogen and oxygen atoms in total. The molecule has 2 aromatic rings. The second-order valence-corrected chi connectivity index (χ2v) is 4.47. The highest BCUT2D eigenvalue weighted by molar-refractivity contribution is 5.79. The molecule has 0 saturated heterocycles. The number of para-hydroxylation sites is 1. The van der Waals surface area contributed by atoms with E-state index < -0.39 is 0 Å². The van der Waals surface area contributed by atoms with Gasteiger partial charge in [0.05, 0.1) is 19.9 Å². The summed E-state index contributed by atoms with van der Waals surface area (Å²) in [7, 11) is 1.66. The smallest absolute Gasteiger partial charge is 0.148 e.